The largest absolute Gasteiger partial charge is 0.452 e. The topological polar surface area (TPSA) is 89.5 Å². The normalized spacial score (nSPS) is 12.0. The summed E-state index contributed by atoms with van der Waals surface area (Å²) in [5, 5.41) is 3.22. The Morgan fingerprint density at radius 3 is 2.16 bits per heavy atom. The molecule has 6 nitrogen and oxygen atoms in total. The Balaban J connectivity index is 1.46. The molecular weight excluding hydrogens is 418 g/mol. The number of carbonyl (C=O) groups is 4. The van der Waals surface area contributed by atoms with Crippen molar-refractivity contribution in [1.82, 2.24) is 5.32 Å². The lowest BCUT2D eigenvalue weighted by molar-refractivity contribution is -0.124. The summed E-state index contributed by atoms with van der Waals surface area (Å²) >= 11 is 5.83. The van der Waals surface area contributed by atoms with E-state index in [1.807, 2.05) is 0 Å². The number of esters is 1. The van der Waals surface area contributed by atoms with Gasteiger partial charge in [0.1, 0.15) is 0 Å². The predicted molar refractivity (Wildman–Crippen MR) is 113 cm³/mol. The molecule has 7 heteroatoms. The highest BCUT2D eigenvalue weighted by Gasteiger charge is 2.33. The Labute approximate surface area is 182 Å². The number of fused-ring (bicyclic) bond motifs is 2. The van der Waals surface area contributed by atoms with Gasteiger partial charge >= 0.3 is 5.97 Å². The summed E-state index contributed by atoms with van der Waals surface area (Å²) in [7, 11) is 0. The van der Waals surface area contributed by atoms with Gasteiger partial charge in [-0.2, -0.15) is 0 Å². The zero-order valence-electron chi connectivity index (χ0n) is 16.2. The molecule has 1 aliphatic rings. The number of carbonyl (C=O) groups excluding carboxylic acids is 4. The monoisotopic (exact) mass is 433 g/mol. The molecule has 3 aromatic rings. The molecule has 3 aromatic carbocycles. The van der Waals surface area contributed by atoms with Gasteiger partial charge < -0.3 is 10.1 Å². The maximum Gasteiger partial charge on any atom is 0.339 e. The molecule has 0 atom stereocenters. The lowest BCUT2D eigenvalue weighted by Gasteiger charge is -2.19. The minimum absolute atomic E-state index is 0.00206. The second-order valence-electron chi connectivity index (χ2n) is 6.91. The second-order valence-corrected chi connectivity index (χ2v) is 7.35. The summed E-state index contributed by atoms with van der Waals surface area (Å²) in [5.74, 6) is -2.11. The van der Waals surface area contributed by atoms with E-state index < -0.39 is 24.3 Å². The van der Waals surface area contributed by atoms with Crippen LogP contribution < -0.4 is 5.32 Å². The van der Waals surface area contributed by atoms with Crippen molar-refractivity contribution < 1.29 is 23.9 Å². The molecule has 1 amide bonds. The molecule has 0 aromatic heterocycles. The molecular formula is C24H16ClNO5. The highest BCUT2D eigenvalue weighted by Crippen LogP contribution is 2.29. The molecule has 0 saturated heterocycles. The average Bonchev–Trinajstić information content (AvgIpc) is 2.80. The molecule has 0 radical (unpaired) electrons. The number of hydrogen-bond donors (Lipinski definition) is 1. The van der Waals surface area contributed by atoms with E-state index in [2.05, 4.69) is 5.32 Å². The Hall–Kier alpha value is -3.77. The van der Waals surface area contributed by atoms with Crippen molar-refractivity contribution in [2.24, 2.45) is 0 Å². The molecule has 4 rings (SSSR count). The number of amides is 1. The van der Waals surface area contributed by atoms with Crippen LogP contribution in [0.1, 0.15) is 47.8 Å². The molecule has 0 spiro atoms. The van der Waals surface area contributed by atoms with Gasteiger partial charge in [0.2, 0.25) is 0 Å². The molecule has 0 fully saturated rings. The molecule has 0 unspecified atom stereocenters. The van der Waals surface area contributed by atoms with E-state index in [9.17, 15) is 19.2 Å². The van der Waals surface area contributed by atoms with E-state index in [1.165, 1.54) is 18.2 Å². The number of ether oxygens (including phenoxy) is 1. The minimum atomic E-state index is -0.848. The fraction of sp³-hybridized carbons (Fsp3) is 0.0833. The highest BCUT2D eigenvalue weighted by molar-refractivity contribution is 6.31. The van der Waals surface area contributed by atoms with Crippen LogP contribution in [0, 0.1) is 0 Å². The van der Waals surface area contributed by atoms with Gasteiger partial charge in [-0.25, -0.2) is 4.79 Å². The van der Waals surface area contributed by atoms with Crippen molar-refractivity contribution in [2.45, 2.75) is 6.54 Å². The Morgan fingerprint density at radius 2 is 1.45 bits per heavy atom. The maximum absolute atomic E-state index is 13.0. The molecule has 0 aliphatic heterocycles. The van der Waals surface area contributed by atoms with Crippen LogP contribution in [0.25, 0.3) is 0 Å². The summed E-state index contributed by atoms with van der Waals surface area (Å²) in [6.07, 6.45) is 0. The van der Waals surface area contributed by atoms with Crippen LogP contribution in [0.4, 0.5) is 0 Å². The van der Waals surface area contributed by atoms with Crippen molar-refractivity contribution in [3.8, 4) is 0 Å². The van der Waals surface area contributed by atoms with Crippen molar-refractivity contribution in [3.63, 3.8) is 0 Å². The first kappa shape index (κ1) is 20.5. The Kier molecular flexibility index (Phi) is 5.64. The minimum Gasteiger partial charge on any atom is -0.452 e. The van der Waals surface area contributed by atoms with Crippen molar-refractivity contribution in [2.75, 3.05) is 6.61 Å². The summed E-state index contributed by atoms with van der Waals surface area (Å²) < 4.78 is 5.10. The molecule has 31 heavy (non-hydrogen) atoms. The van der Waals surface area contributed by atoms with Gasteiger partial charge in [-0.05, 0) is 23.8 Å². The Morgan fingerprint density at radius 1 is 0.806 bits per heavy atom. The smallest absolute Gasteiger partial charge is 0.339 e. The summed E-state index contributed by atoms with van der Waals surface area (Å²) in [6.45, 7) is -0.271. The number of nitrogens with one attached hydrogen (secondary N) is 1. The van der Waals surface area contributed by atoms with Crippen molar-refractivity contribution >= 4 is 35.0 Å². The van der Waals surface area contributed by atoms with E-state index in [1.54, 1.807) is 48.5 Å². The summed E-state index contributed by atoms with van der Waals surface area (Å²) in [6, 6.07) is 17.8. The zero-order valence-corrected chi connectivity index (χ0v) is 16.9. The summed E-state index contributed by atoms with van der Waals surface area (Å²) in [5.41, 5.74) is 1.47. The first-order valence-electron chi connectivity index (χ1n) is 9.45. The van der Waals surface area contributed by atoms with Crippen LogP contribution in [-0.4, -0.2) is 30.0 Å². The van der Waals surface area contributed by atoms with Crippen LogP contribution in [0.2, 0.25) is 5.02 Å². The van der Waals surface area contributed by atoms with Crippen LogP contribution >= 0.6 is 11.6 Å². The molecule has 154 valence electrons. The summed E-state index contributed by atoms with van der Waals surface area (Å²) in [4.78, 5) is 50.4. The van der Waals surface area contributed by atoms with Crippen LogP contribution in [0.15, 0.2) is 66.7 Å². The van der Waals surface area contributed by atoms with Crippen molar-refractivity contribution in [1.29, 1.82) is 0 Å². The van der Waals surface area contributed by atoms with Crippen molar-refractivity contribution in [3.05, 3.63) is 105 Å². The third-order valence-electron chi connectivity index (χ3n) is 4.91. The van der Waals surface area contributed by atoms with Gasteiger partial charge in [-0.1, -0.05) is 60.1 Å². The third kappa shape index (κ3) is 4.11. The molecule has 0 bridgehead atoms. The van der Waals surface area contributed by atoms with Gasteiger partial charge in [-0.3, -0.25) is 14.4 Å². The van der Waals surface area contributed by atoms with E-state index in [4.69, 9.17) is 16.3 Å². The van der Waals surface area contributed by atoms with Gasteiger partial charge in [0.25, 0.3) is 5.91 Å². The number of ketones is 2. The third-order valence-corrected chi connectivity index (χ3v) is 5.16. The highest BCUT2D eigenvalue weighted by atomic mass is 35.5. The van der Waals surface area contributed by atoms with Gasteiger partial charge in [0, 0.05) is 33.8 Å². The van der Waals surface area contributed by atoms with E-state index >= 15 is 0 Å². The quantitative estimate of drug-likeness (QED) is 0.486. The van der Waals surface area contributed by atoms with Crippen LogP contribution in [0.3, 0.4) is 0 Å². The van der Waals surface area contributed by atoms with Gasteiger partial charge in [0.15, 0.2) is 18.2 Å². The average molecular weight is 434 g/mol. The molecule has 1 N–H and O–H groups in total. The van der Waals surface area contributed by atoms with Crippen LogP contribution in [0.5, 0.6) is 0 Å². The fourth-order valence-corrected chi connectivity index (χ4v) is 3.50. The lowest BCUT2D eigenvalue weighted by Crippen LogP contribution is -2.29. The zero-order chi connectivity index (χ0) is 22.0. The predicted octanol–water partition coefficient (Wildman–Crippen LogP) is 3.59. The number of benzene rings is 3. The standard InChI is InChI=1S/C24H16ClNO5/c25-15-10-8-14(9-11-15)12-26-20(27)13-31-24(30)19-7-3-6-18-21(19)23(29)17-5-2-1-4-16(17)22(18)28/h1-11H,12-13H2,(H,26,27). The molecule has 0 heterocycles. The van der Waals surface area contributed by atoms with Gasteiger partial charge in [-0.15, -0.1) is 0 Å². The molecule has 1 aliphatic carbocycles. The molecule has 0 saturated carbocycles. The number of halogens is 1. The first-order valence-corrected chi connectivity index (χ1v) is 9.83. The first-order chi connectivity index (χ1) is 15.0. The maximum atomic E-state index is 13.0. The lowest BCUT2D eigenvalue weighted by atomic mass is 9.82. The van der Waals surface area contributed by atoms with E-state index in [0.29, 0.717) is 10.6 Å². The van der Waals surface area contributed by atoms with E-state index in [-0.39, 0.29) is 34.6 Å². The SMILES string of the molecule is O=C(COC(=O)c1cccc2c1C(=O)c1ccccc1C2=O)NCc1ccc(Cl)cc1. The number of rotatable bonds is 5. The van der Waals surface area contributed by atoms with Gasteiger partial charge in [0.05, 0.1) is 5.56 Å². The fourth-order valence-electron chi connectivity index (χ4n) is 3.38. The number of hydrogen-bond acceptors (Lipinski definition) is 5. The van der Waals surface area contributed by atoms with E-state index in [0.717, 1.165) is 5.56 Å². The van der Waals surface area contributed by atoms with Crippen LogP contribution in [-0.2, 0) is 16.1 Å². The second kappa shape index (κ2) is 8.53. The Bertz CT molecular complexity index is 1220.